The molecule has 0 bridgehead atoms. The summed E-state index contributed by atoms with van der Waals surface area (Å²) in [7, 11) is 0. The quantitative estimate of drug-likeness (QED) is 0.639. The number of hydrogen-bond donors (Lipinski definition) is 2. The van der Waals surface area contributed by atoms with Crippen molar-refractivity contribution in [2.24, 2.45) is 17.6 Å². The van der Waals surface area contributed by atoms with E-state index in [1.807, 2.05) is 0 Å². The minimum atomic E-state index is 0.490. The molecule has 0 aliphatic carbocycles. The van der Waals surface area contributed by atoms with Crippen molar-refractivity contribution in [2.75, 3.05) is 13.1 Å². The normalized spacial score (nSPS) is 14.2. The van der Waals surface area contributed by atoms with Crippen LogP contribution in [0.4, 0.5) is 0 Å². The van der Waals surface area contributed by atoms with Crippen molar-refractivity contribution in [1.29, 1.82) is 0 Å². The average Bonchev–Trinajstić information content (AvgIpc) is 1.96. The summed E-state index contributed by atoms with van der Waals surface area (Å²) in [4.78, 5) is 0. The summed E-state index contributed by atoms with van der Waals surface area (Å²) in [5, 5.41) is 3.48. The van der Waals surface area contributed by atoms with E-state index in [1.165, 1.54) is 6.42 Å². The first-order chi connectivity index (χ1) is 5.57. The van der Waals surface area contributed by atoms with Gasteiger partial charge in [0, 0.05) is 12.6 Å². The Labute approximate surface area is 76.9 Å². The Morgan fingerprint density at radius 1 is 1.17 bits per heavy atom. The summed E-state index contributed by atoms with van der Waals surface area (Å²) in [5.41, 5.74) is 5.63. The molecule has 0 rings (SSSR count). The third kappa shape index (κ3) is 5.56. The number of hydrogen-bond acceptors (Lipinski definition) is 2. The van der Waals surface area contributed by atoms with Crippen molar-refractivity contribution in [1.82, 2.24) is 5.32 Å². The van der Waals surface area contributed by atoms with Gasteiger partial charge < -0.3 is 11.1 Å². The van der Waals surface area contributed by atoms with Crippen LogP contribution < -0.4 is 11.1 Å². The fraction of sp³-hybridized carbons (Fsp3) is 1.00. The van der Waals surface area contributed by atoms with Crippen molar-refractivity contribution in [3.63, 3.8) is 0 Å². The molecule has 2 heteroatoms. The van der Waals surface area contributed by atoms with E-state index < -0.39 is 0 Å². The molecule has 74 valence electrons. The van der Waals surface area contributed by atoms with Crippen LogP contribution in [-0.2, 0) is 0 Å². The molecular formula is C10H24N2. The lowest BCUT2D eigenvalue weighted by Crippen LogP contribution is -2.40. The molecule has 1 unspecified atom stereocenters. The number of nitrogens with two attached hydrogens (primary N) is 1. The molecule has 0 fully saturated rings. The van der Waals surface area contributed by atoms with E-state index in [4.69, 9.17) is 5.73 Å². The molecule has 0 saturated carbocycles. The standard InChI is InChI=1S/C10H24N2/c1-8(2)5-6-12-10(7-11)9(3)4/h8-10,12H,5-7,11H2,1-4H3. The van der Waals surface area contributed by atoms with Gasteiger partial charge in [-0.2, -0.15) is 0 Å². The molecule has 0 aromatic heterocycles. The van der Waals surface area contributed by atoms with E-state index in [0.717, 1.165) is 19.0 Å². The Bertz CT molecular complexity index is 100. The Balaban J connectivity index is 3.45. The first kappa shape index (κ1) is 11.9. The largest absolute Gasteiger partial charge is 0.329 e. The van der Waals surface area contributed by atoms with E-state index >= 15 is 0 Å². The van der Waals surface area contributed by atoms with Gasteiger partial charge in [0.15, 0.2) is 0 Å². The van der Waals surface area contributed by atoms with Crippen LogP contribution >= 0.6 is 0 Å². The Hall–Kier alpha value is -0.0800. The molecule has 0 spiro atoms. The zero-order valence-electron chi connectivity index (χ0n) is 8.93. The van der Waals surface area contributed by atoms with E-state index in [2.05, 4.69) is 33.0 Å². The fourth-order valence-electron chi connectivity index (χ4n) is 1.15. The minimum Gasteiger partial charge on any atom is -0.329 e. The highest BCUT2D eigenvalue weighted by atomic mass is 14.9. The van der Waals surface area contributed by atoms with Gasteiger partial charge in [-0.05, 0) is 24.8 Å². The minimum absolute atomic E-state index is 0.490. The van der Waals surface area contributed by atoms with Crippen LogP contribution in [0, 0.1) is 11.8 Å². The first-order valence-corrected chi connectivity index (χ1v) is 5.01. The van der Waals surface area contributed by atoms with E-state index in [-0.39, 0.29) is 0 Å². The Morgan fingerprint density at radius 3 is 2.08 bits per heavy atom. The molecule has 12 heavy (non-hydrogen) atoms. The molecular weight excluding hydrogens is 148 g/mol. The lowest BCUT2D eigenvalue weighted by atomic mass is 10.0. The van der Waals surface area contributed by atoms with Crippen molar-refractivity contribution < 1.29 is 0 Å². The lowest BCUT2D eigenvalue weighted by Gasteiger charge is -2.20. The smallest absolute Gasteiger partial charge is 0.0213 e. The maximum atomic E-state index is 5.63. The summed E-state index contributed by atoms with van der Waals surface area (Å²) in [5.74, 6) is 1.42. The highest BCUT2D eigenvalue weighted by Gasteiger charge is 2.09. The third-order valence-electron chi connectivity index (χ3n) is 2.19. The highest BCUT2D eigenvalue weighted by Crippen LogP contribution is 2.01. The topological polar surface area (TPSA) is 38.0 Å². The van der Waals surface area contributed by atoms with Crippen LogP contribution in [0.3, 0.4) is 0 Å². The number of rotatable bonds is 6. The van der Waals surface area contributed by atoms with Gasteiger partial charge in [-0.3, -0.25) is 0 Å². The van der Waals surface area contributed by atoms with Gasteiger partial charge in [-0.15, -0.1) is 0 Å². The summed E-state index contributed by atoms with van der Waals surface area (Å²) in [6.07, 6.45) is 1.24. The number of nitrogens with one attached hydrogen (secondary N) is 1. The van der Waals surface area contributed by atoms with Gasteiger partial charge >= 0.3 is 0 Å². The summed E-state index contributed by atoms with van der Waals surface area (Å²) < 4.78 is 0. The summed E-state index contributed by atoms with van der Waals surface area (Å²) >= 11 is 0. The summed E-state index contributed by atoms with van der Waals surface area (Å²) in [6, 6.07) is 0.490. The predicted octanol–water partition coefficient (Wildman–Crippen LogP) is 1.61. The molecule has 0 radical (unpaired) electrons. The Kier molecular flexibility index (Phi) is 6.39. The van der Waals surface area contributed by atoms with Crippen LogP contribution in [-0.4, -0.2) is 19.1 Å². The van der Waals surface area contributed by atoms with Crippen LogP contribution in [0.2, 0.25) is 0 Å². The van der Waals surface area contributed by atoms with Crippen molar-refractivity contribution in [3.05, 3.63) is 0 Å². The van der Waals surface area contributed by atoms with E-state index in [9.17, 15) is 0 Å². The van der Waals surface area contributed by atoms with Crippen LogP contribution in [0.15, 0.2) is 0 Å². The van der Waals surface area contributed by atoms with Crippen molar-refractivity contribution >= 4 is 0 Å². The van der Waals surface area contributed by atoms with Gasteiger partial charge in [0.1, 0.15) is 0 Å². The molecule has 0 aromatic rings. The molecule has 0 aliphatic heterocycles. The second-order valence-electron chi connectivity index (χ2n) is 4.22. The average molecular weight is 172 g/mol. The maximum absolute atomic E-state index is 5.63. The highest BCUT2D eigenvalue weighted by molar-refractivity contribution is 4.70. The molecule has 0 amide bonds. The van der Waals surface area contributed by atoms with Gasteiger partial charge in [0.2, 0.25) is 0 Å². The van der Waals surface area contributed by atoms with Gasteiger partial charge in [0.05, 0.1) is 0 Å². The molecule has 2 nitrogen and oxygen atoms in total. The SMILES string of the molecule is CC(C)CCNC(CN)C(C)C. The Morgan fingerprint density at radius 2 is 1.75 bits per heavy atom. The second kappa shape index (κ2) is 6.44. The van der Waals surface area contributed by atoms with Crippen LogP contribution in [0.5, 0.6) is 0 Å². The van der Waals surface area contributed by atoms with Crippen LogP contribution in [0.1, 0.15) is 34.1 Å². The van der Waals surface area contributed by atoms with Gasteiger partial charge in [-0.1, -0.05) is 27.7 Å². The van der Waals surface area contributed by atoms with E-state index in [0.29, 0.717) is 12.0 Å². The van der Waals surface area contributed by atoms with Crippen LogP contribution in [0.25, 0.3) is 0 Å². The molecule has 0 aliphatic rings. The monoisotopic (exact) mass is 172 g/mol. The molecule has 1 atom stereocenters. The molecule has 0 heterocycles. The molecule has 3 N–H and O–H groups in total. The van der Waals surface area contributed by atoms with Crippen molar-refractivity contribution in [2.45, 2.75) is 40.2 Å². The lowest BCUT2D eigenvalue weighted by molar-refractivity contribution is 0.390. The van der Waals surface area contributed by atoms with Crippen molar-refractivity contribution in [3.8, 4) is 0 Å². The zero-order valence-corrected chi connectivity index (χ0v) is 8.93. The fourth-order valence-corrected chi connectivity index (χ4v) is 1.15. The zero-order chi connectivity index (χ0) is 9.56. The molecule has 0 aromatic carbocycles. The second-order valence-corrected chi connectivity index (χ2v) is 4.22. The first-order valence-electron chi connectivity index (χ1n) is 5.01. The maximum Gasteiger partial charge on any atom is 0.0213 e. The van der Waals surface area contributed by atoms with Gasteiger partial charge in [-0.25, -0.2) is 0 Å². The van der Waals surface area contributed by atoms with E-state index in [1.54, 1.807) is 0 Å². The predicted molar refractivity (Wildman–Crippen MR) is 55.1 cm³/mol. The summed E-state index contributed by atoms with van der Waals surface area (Å²) in [6.45, 7) is 10.7. The third-order valence-corrected chi connectivity index (χ3v) is 2.19. The molecule has 0 saturated heterocycles. The van der Waals surface area contributed by atoms with Gasteiger partial charge in [0.25, 0.3) is 0 Å².